The molecule has 0 bridgehead atoms. The molecular formula is C17H20BrN3O. The average Bonchev–Trinajstić information content (AvgIpc) is 2.97. The first-order valence-corrected chi connectivity index (χ1v) is 8.45. The van der Waals surface area contributed by atoms with Crippen LogP contribution in [0, 0.1) is 0 Å². The van der Waals surface area contributed by atoms with Crippen LogP contribution in [-0.4, -0.2) is 27.4 Å². The summed E-state index contributed by atoms with van der Waals surface area (Å²) >= 11 is 3.56. The second-order valence-corrected chi connectivity index (χ2v) is 6.66. The molecule has 1 aliphatic rings. The number of rotatable bonds is 3. The van der Waals surface area contributed by atoms with E-state index in [2.05, 4.69) is 25.5 Å². The highest BCUT2D eigenvalue weighted by Gasteiger charge is 2.24. The summed E-state index contributed by atoms with van der Waals surface area (Å²) in [4.78, 5) is 19.0. The van der Waals surface area contributed by atoms with Crippen LogP contribution in [0.1, 0.15) is 47.7 Å². The zero-order chi connectivity index (χ0) is 15.7. The van der Waals surface area contributed by atoms with E-state index in [4.69, 9.17) is 0 Å². The molecule has 116 valence electrons. The number of aryl methyl sites for hydroxylation is 2. The Labute approximate surface area is 139 Å². The number of hydrogen-bond acceptors (Lipinski definition) is 2. The molecule has 2 aromatic rings. The molecular weight excluding hydrogens is 342 g/mol. The molecule has 0 saturated carbocycles. The van der Waals surface area contributed by atoms with E-state index in [9.17, 15) is 4.79 Å². The molecule has 0 aliphatic carbocycles. The molecule has 0 unspecified atom stereocenters. The number of halogens is 1. The van der Waals surface area contributed by atoms with Crippen molar-refractivity contribution in [1.29, 1.82) is 0 Å². The fourth-order valence-corrected chi connectivity index (χ4v) is 3.51. The van der Waals surface area contributed by atoms with Gasteiger partial charge >= 0.3 is 0 Å². The van der Waals surface area contributed by atoms with Crippen molar-refractivity contribution >= 4 is 21.8 Å². The van der Waals surface area contributed by atoms with Gasteiger partial charge < -0.3 is 9.47 Å². The maximum atomic E-state index is 12.7. The third-order valence-electron chi connectivity index (χ3n) is 4.38. The lowest BCUT2D eigenvalue weighted by atomic mass is 10.1. The van der Waals surface area contributed by atoms with Gasteiger partial charge in [0.1, 0.15) is 11.5 Å². The maximum Gasteiger partial charge on any atom is 0.274 e. The fourth-order valence-electron chi connectivity index (χ4n) is 2.89. The van der Waals surface area contributed by atoms with E-state index in [1.807, 2.05) is 44.4 Å². The molecule has 22 heavy (non-hydrogen) atoms. The van der Waals surface area contributed by atoms with E-state index in [-0.39, 0.29) is 11.9 Å². The summed E-state index contributed by atoms with van der Waals surface area (Å²) in [5.41, 5.74) is 1.65. The molecule has 3 rings (SSSR count). The number of benzene rings is 1. The molecule has 5 heteroatoms. The van der Waals surface area contributed by atoms with Gasteiger partial charge in [0.2, 0.25) is 0 Å². The van der Waals surface area contributed by atoms with Crippen molar-refractivity contribution in [3.8, 4) is 0 Å². The van der Waals surface area contributed by atoms with Gasteiger partial charge in [-0.1, -0.05) is 34.1 Å². The van der Waals surface area contributed by atoms with Crippen molar-refractivity contribution in [2.45, 2.75) is 38.8 Å². The molecule has 1 amide bonds. The Balaban J connectivity index is 1.82. The Bertz CT molecular complexity index is 671. The van der Waals surface area contributed by atoms with Gasteiger partial charge in [0, 0.05) is 30.7 Å². The van der Waals surface area contributed by atoms with Crippen molar-refractivity contribution in [3.05, 3.63) is 52.0 Å². The number of carbonyl (C=O) groups is 1. The molecule has 0 fully saturated rings. The molecule has 0 N–H and O–H groups in total. The molecule has 0 spiro atoms. The first kappa shape index (κ1) is 15.3. The van der Waals surface area contributed by atoms with Crippen LogP contribution < -0.4 is 0 Å². The summed E-state index contributed by atoms with van der Waals surface area (Å²) in [6.07, 6.45) is 5.20. The highest BCUT2D eigenvalue weighted by Crippen LogP contribution is 2.27. The predicted octanol–water partition coefficient (Wildman–Crippen LogP) is 3.82. The lowest BCUT2D eigenvalue weighted by Crippen LogP contribution is -2.30. The van der Waals surface area contributed by atoms with Crippen LogP contribution in [-0.2, 0) is 13.0 Å². The molecule has 1 aliphatic heterocycles. The standard InChI is InChI=1S/C17H20BrN3O/c1-12(13-7-3-4-8-14(13)18)20(2)17(22)15-11-21-10-6-5-9-16(21)19-15/h3-4,7-8,11-12H,5-6,9-10H2,1-2H3/t12-/m1/s1. The van der Waals surface area contributed by atoms with Gasteiger partial charge in [-0.2, -0.15) is 0 Å². The molecule has 1 aromatic carbocycles. The van der Waals surface area contributed by atoms with E-state index < -0.39 is 0 Å². The lowest BCUT2D eigenvalue weighted by molar-refractivity contribution is 0.0736. The van der Waals surface area contributed by atoms with E-state index in [0.29, 0.717) is 5.69 Å². The van der Waals surface area contributed by atoms with Gasteiger partial charge in [-0.3, -0.25) is 4.79 Å². The van der Waals surface area contributed by atoms with E-state index in [1.165, 1.54) is 6.42 Å². The number of carbonyl (C=O) groups excluding carboxylic acids is 1. The van der Waals surface area contributed by atoms with Crippen LogP contribution in [0.15, 0.2) is 34.9 Å². The summed E-state index contributed by atoms with van der Waals surface area (Å²) in [5.74, 6) is 1.02. The molecule has 2 heterocycles. The van der Waals surface area contributed by atoms with Crippen molar-refractivity contribution < 1.29 is 4.79 Å². The molecule has 0 saturated heterocycles. The SMILES string of the molecule is C[C@H](c1ccccc1Br)N(C)C(=O)c1cn2c(n1)CCCC2. The summed E-state index contributed by atoms with van der Waals surface area (Å²) in [6.45, 7) is 3.01. The van der Waals surface area contributed by atoms with Crippen molar-refractivity contribution in [3.63, 3.8) is 0 Å². The van der Waals surface area contributed by atoms with E-state index in [1.54, 1.807) is 4.90 Å². The van der Waals surface area contributed by atoms with Gasteiger partial charge in [-0.05, 0) is 31.4 Å². The molecule has 4 nitrogen and oxygen atoms in total. The summed E-state index contributed by atoms with van der Waals surface area (Å²) in [6, 6.07) is 7.99. The number of fused-ring (bicyclic) bond motifs is 1. The first-order valence-electron chi connectivity index (χ1n) is 7.65. The minimum atomic E-state index is -0.0230. The zero-order valence-electron chi connectivity index (χ0n) is 12.9. The van der Waals surface area contributed by atoms with Gasteiger partial charge in [-0.25, -0.2) is 4.98 Å². The quantitative estimate of drug-likeness (QED) is 0.833. The van der Waals surface area contributed by atoms with Crippen LogP contribution >= 0.6 is 15.9 Å². The molecule has 0 radical (unpaired) electrons. The van der Waals surface area contributed by atoms with Crippen LogP contribution in [0.5, 0.6) is 0 Å². The van der Waals surface area contributed by atoms with Gasteiger partial charge in [0.25, 0.3) is 5.91 Å². The fraction of sp³-hybridized carbons (Fsp3) is 0.412. The van der Waals surface area contributed by atoms with Gasteiger partial charge in [0.05, 0.1) is 6.04 Å². The Kier molecular flexibility index (Phi) is 4.34. The Hall–Kier alpha value is -1.62. The highest BCUT2D eigenvalue weighted by molar-refractivity contribution is 9.10. The smallest absolute Gasteiger partial charge is 0.274 e. The minimum Gasteiger partial charge on any atom is -0.334 e. The predicted molar refractivity (Wildman–Crippen MR) is 89.8 cm³/mol. The van der Waals surface area contributed by atoms with Crippen molar-refractivity contribution in [1.82, 2.24) is 14.5 Å². The first-order chi connectivity index (χ1) is 10.6. The second-order valence-electron chi connectivity index (χ2n) is 5.81. The normalized spacial score (nSPS) is 15.2. The third kappa shape index (κ3) is 2.82. The van der Waals surface area contributed by atoms with Crippen LogP contribution in [0.25, 0.3) is 0 Å². The van der Waals surface area contributed by atoms with Crippen LogP contribution in [0.4, 0.5) is 0 Å². The van der Waals surface area contributed by atoms with Crippen LogP contribution in [0.2, 0.25) is 0 Å². The zero-order valence-corrected chi connectivity index (χ0v) is 14.5. The molecule has 1 aromatic heterocycles. The van der Waals surface area contributed by atoms with E-state index in [0.717, 1.165) is 35.2 Å². The number of amides is 1. The monoisotopic (exact) mass is 361 g/mol. The number of hydrogen-bond donors (Lipinski definition) is 0. The number of aromatic nitrogens is 2. The van der Waals surface area contributed by atoms with Gasteiger partial charge in [0.15, 0.2) is 0 Å². The highest BCUT2D eigenvalue weighted by atomic mass is 79.9. The lowest BCUT2D eigenvalue weighted by Gasteiger charge is -2.25. The van der Waals surface area contributed by atoms with Crippen LogP contribution in [0.3, 0.4) is 0 Å². The summed E-state index contributed by atoms with van der Waals surface area (Å²) in [7, 11) is 1.84. The third-order valence-corrected chi connectivity index (χ3v) is 5.11. The molecule has 1 atom stereocenters. The summed E-state index contributed by atoms with van der Waals surface area (Å²) in [5, 5.41) is 0. The largest absolute Gasteiger partial charge is 0.334 e. The number of nitrogens with zero attached hydrogens (tertiary/aromatic N) is 3. The Morgan fingerprint density at radius 3 is 2.86 bits per heavy atom. The Morgan fingerprint density at radius 1 is 1.36 bits per heavy atom. The van der Waals surface area contributed by atoms with Crippen molar-refractivity contribution in [2.24, 2.45) is 0 Å². The Morgan fingerprint density at radius 2 is 2.14 bits per heavy atom. The average molecular weight is 362 g/mol. The topological polar surface area (TPSA) is 38.1 Å². The summed E-state index contributed by atoms with van der Waals surface area (Å²) < 4.78 is 3.14. The van der Waals surface area contributed by atoms with Gasteiger partial charge in [-0.15, -0.1) is 0 Å². The second kappa shape index (κ2) is 6.24. The van der Waals surface area contributed by atoms with Crippen molar-refractivity contribution in [2.75, 3.05) is 7.05 Å². The van der Waals surface area contributed by atoms with E-state index >= 15 is 0 Å². The number of imidazole rings is 1. The maximum absolute atomic E-state index is 12.7. The minimum absolute atomic E-state index is 0.0122.